The highest BCUT2D eigenvalue weighted by atomic mass is 32.2. The minimum Gasteiger partial charge on any atom is -0.206 e. The van der Waals surface area contributed by atoms with Gasteiger partial charge in [-0.15, -0.1) is 0 Å². The summed E-state index contributed by atoms with van der Waals surface area (Å²) in [5.74, 6) is -0.840. The van der Waals surface area contributed by atoms with Gasteiger partial charge in [-0.1, -0.05) is 6.07 Å². The number of hydrogen-bond acceptors (Lipinski definition) is 1. The molecule has 1 rings (SSSR count). The average Bonchev–Trinajstić information content (AvgIpc) is 1.94. The number of aryl methyl sites for hydroxylation is 1. The van der Waals surface area contributed by atoms with Crippen LogP contribution in [0.3, 0.4) is 0 Å². The van der Waals surface area contributed by atoms with Crippen molar-refractivity contribution in [2.24, 2.45) is 0 Å². The van der Waals surface area contributed by atoms with E-state index in [1.54, 1.807) is 6.92 Å². The zero-order chi connectivity index (χ0) is 10.1. The van der Waals surface area contributed by atoms with Gasteiger partial charge in [-0.25, -0.2) is 4.39 Å². The van der Waals surface area contributed by atoms with Crippen LogP contribution in [-0.2, 0) is 0 Å². The number of halogens is 4. The van der Waals surface area contributed by atoms with Gasteiger partial charge in [0.15, 0.2) is 0 Å². The van der Waals surface area contributed by atoms with Crippen molar-refractivity contribution in [3.63, 3.8) is 0 Å². The first-order valence-electron chi connectivity index (χ1n) is 3.40. The smallest absolute Gasteiger partial charge is 0.206 e. The number of rotatable bonds is 1. The topological polar surface area (TPSA) is 0 Å². The molecule has 0 amide bonds. The molecule has 0 unspecified atom stereocenters. The van der Waals surface area contributed by atoms with E-state index in [4.69, 9.17) is 0 Å². The predicted octanol–water partition coefficient (Wildman–Crippen LogP) is 3.75. The summed E-state index contributed by atoms with van der Waals surface area (Å²) in [5.41, 5.74) is -3.83. The lowest BCUT2D eigenvalue weighted by Crippen LogP contribution is -2.00. The fraction of sp³-hybridized carbons (Fsp3) is 0.250. The van der Waals surface area contributed by atoms with Crippen molar-refractivity contribution in [2.45, 2.75) is 17.3 Å². The molecule has 0 aromatic heterocycles. The molecule has 72 valence electrons. The molecule has 13 heavy (non-hydrogen) atoms. The molecular weight excluding hydrogens is 204 g/mol. The summed E-state index contributed by atoms with van der Waals surface area (Å²) in [4.78, 5) is -0.382. The van der Waals surface area contributed by atoms with Crippen molar-refractivity contribution in [2.75, 3.05) is 0 Å². The van der Waals surface area contributed by atoms with Crippen LogP contribution in [0, 0.1) is 12.7 Å². The maximum absolute atomic E-state index is 12.8. The third kappa shape index (κ3) is 3.26. The maximum atomic E-state index is 12.8. The highest BCUT2D eigenvalue weighted by molar-refractivity contribution is 8.00. The van der Waals surface area contributed by atoms with Crippen LogP contribution in [-0.4, -0.2) is 5.51 Å². The largest absolute Gasteiger partial charge is 0.446 e. The Morgan fingerprint density at radius 1 is 1.23 bits per heavy atom. The van der Waals surface area contributed by atoms with E-state index in [1.165, 1.54) is 12.1 Å². The van der Waals surface area contributed by atoms with Crippen LogP contribution < -0.4 is 0 Å². The Balaban J connectivity index is 2.94. The number of benzene rings is 1. The van der Waals surface area contributed by atoms with Crippen LogP contribution in [0.5, 0.6) is 0 Å². The normalized spacial score (nSPS) is 11.8. The molecule has 0 aliphatic rings. The first-order valence-corrected chi connectivity index (χ1v) is 4.22. The van der Waals surface area contributed by atoms with E-state index in [2.05, 4.69) is 0 Å². The Kier molecular flexibility index (Phi) is 2.85. The van der Waals surface area contributed by atoms with Crippen molar-refractivity contribution in [1.82, 2.24) is 0 Å². The number of thioether (sulfide) groups is 1. The second kappa shape index (κ2) is 3.57. The van der Waals surface area contributed by atoms with E-state index in [9.17, 15) is 17.6 Å². The Hall–Kier alpha value is -0.710. The summed E-state index contributed by atoms with van der Waals surface area (Å²) in [5, 5.41) is 0. The van der Waals surface area contributed by atoms with Gasteiger partial charge in [-0.05, 0) is 36.4 Å². The summed E-state index contributed by atoms with van der Waals surface area (Å²) in [6.45, 7) is 1.61. The fourth-order valence-electron chi connectivity index (χ4n) is 0.813. The average molecular weight is 210 g/mol. The second-order valence-electron chi connectivity index (χ2n) is 2.48. The molecule has 0 saturated heterocycles. The molecule has 1 aromatic carbocycles. The zero-order valence-electron chi connectivity index (χ0n) is 6.65. The minimum absolute atomic E-state index is 0.382. The maximum Gasteiger partial charge on any atom is 0.446 e. The van der Waals surface area contributed by atoms with Gasteiger partial charge in [0.05, 0.1) is 4.90 Å². The second-order valence-corrected chi connectivity index (χ2v) is 3.59. The first kappa shape index (κ1) is 10.4. The molecule has 0 radical (unpaired) electrons. The zero-order valence-corrected chi connectivity index (χ0v) is 7.47. The molecule has 0 N–H and O–H groups in total. The van der Waals surface area contributed by atoms with Crippen molar-refractivity contribution in [1.29, 1.82) is 0 Å². The molecular formula is C8H6F4S. The van der Waals surface area contributed by atoms with Gasteiger partial charge in [0, 0.05) is 0 Å². The molecule has 0 nitrogen and oxygen atoms in total. The molecule has 0 aliphatic heterocycles. The lowest BCUT2D eigenvalue weighted by atomic mass is 10.2. The third-order valence-electron chi connectivity index (χ3n) is 1.31. The summed E-state index contributed by atoms with van der Waals surface area (Å²) in [6.07, 6.45) is 0. The molecule has 0 spiro atoms. The van der Waals surface area contributed by atoms with Crippen molar-refractivity contribution < 1.29 is 17.6 Å². The van der Waals surface area contributed by atoms with Crippen LogP contribution in [0.1, 0.15) is 5.56 Å². The Bertz CT molecular complexity index is 306. The van der Waals surface area contributed by atoms with E-state index < -0.39 is 23.1 Å². The van der Waals surface area contributed by atoms with E-state index in [1.807, 2.05) is 0 Å². The predicted molar refractivity (Wildman–Crippen MR) is 43.0 cm³/mol. The van der Waals surface area contributed by atoms with Gasteiger partial charge in [-0.2, -0.15) is 13.2 Å². The Labute approximate surface area is 76.9 Å². The molecule has 0 heterocycles. The highest BCUT2D eigenvalue weighted by Gasteiger charge is 2.30. The van der Waals surface area contributed by atoms with Gasteiger partial charge in [-0.3, -0.25) is 0 Å². The van der Waals surface area contributed by atoms with Crippen molar-refractivity contribution in [3.05, 3.63) is 29.6 Å². The quantitative estimate of drug-likeness (QED) is 0.502. The highest BCUT2D eigenvalue weighted by Crippen LogP contribution is 2.38. The molecule has 0 aliphatic carbocycles. The van der Waals surface area contributed by atoms with E-state index >= 15 is 0 Å². The molecule has 0 saturated carbocycles. The summed E-state index contributed by atoms with van der Waals surface area (Å²) in [7, 11) is 0. The fourth-order valence-corrected chi connectivity index (χ4v) is 1.47. The van der Waals surface area contributed by atoms with E-state index in [-0.39, 0.29) is 4.90 Å². The Morgan fingerprint density at radius 2 is 1.85 bits per heavy atom. The molecule has 0 fully saturated rings. The van der Waals surface area contributed by atoms with Gasteiger partial charge in [0.25, 0.3) is 0 Å². The van der Waals surface area contributed by atoms with E-state index in [0.717, 1.165) is 6.07 Å². The molecule has 0 atom stereocenters. The molecule has 0 bridgehead atoms. The van der Waals surface area contributed by atoms with Crippen LogP contribution in [0.2, 0.25) is 0 Å². The molecule has 1 aromatic rings. The van der Waals surface area contributed by atoms with Crippen LogP contribution in [0.25, 0.3) is 0 Å². The lowest BCUT2D eigenvalue weighted by Gasteiger charge is -2.06. The van der Waals surface area contributed by atoms with Crippen LogP contribution in [0.4, 0.5) is 17.6 Å². The van der Waals surface area contributed by atoms with Gasteiger partial charge in [0.2, 0.25) is 0 Å². The Morgan fingerprint density at radius 3 is 2.38 bits per heavy atom. The third-order valence-corrected chi connectivity index (χ3v) is 2.08. The number of alkyl halides is 3. The summed E-state index contributed by atoms with van der Waals surface area (Å²) >= 11 is -0.433. The van der Waals surface area contributed by atoms with Crippen molar-refractivity contribution >= 4 is 11.8 Å². The summed E-state index contributed by atoms with van der Waals surface area (Å²) < 4.78 is 48.3. The SMILES string of the molecule is Cc1ccc(F)c(SC(F)(F)F)c1. The minimum atomic E-state index is -4.44. The van der Waals surface area contributed by atoms with E-state index in [0.29, 0.717) is 5.56 Å². The van der Waals surface area contributed by atoms with Crippen molar-refractivity contribution in [3.8, 4) is 0 Å². The van der Waals surface area contributed by atoms with Gasteiger partial charge >= 0.3 is 5.51 Å². The standard InChI is InChI=1S/C8H6F4S/c1-5-2-3-6(9)7(4-5)13-8(10,11)12/h2-4H,1H3. The lowest BCUT2D eigenvalue weighted by molar-refractivity contribution is -0.0329. The summed E-state index contributed by atoms with van der Waals surface area (Å²) in [6, 6.07) is 3.63. The van der Waals surface area contributed by atoms with Crippen LogP contribution >= 0.6 is 11.8 Å². The number of hydrogen-bond donors (Lipinski definition) is 0. The van der Waals surface area contributed by atoms with Crippen LogP contribution in [0.15, 0.2) is 23.1 Å². The monoisotopic (exact) mass is 210 g/mol. The molecule has 5 heteroatoms. The van der Waals surface area contributed by atoms with Gasteiger partial charge in [0.1, 0.15) is 5.82 Å². The first-order chi connectivity index (χ1) is 5.88. The van der Waals surface area contributed by atoms with Gasteiger partial charge < -0.3 is 0 Å².